The van der Waals surface area contributed by atoms with E-state index >= 15 is 0 Å². The smallest absolute Gasteiger partial charge is 0.381 e. The van der Waals surface area contributed by atoms with Crippen LogP contribution in [0.3, 0.4) is 0 Å². The average Bonchev–Trinajstić information content (AvgIpc) is 2.87. The first-order valence-electron chi connectivity index (χ1n) is 7.54. The van der Waals surface area contributed by atoms with Crippen molar-refractivity contribution in [1.29, 1.82) is 0 Å². The summed E-state index contributed by atoms with van der Waals surface area (Å²) in [5.74, 6) is 0.944. The lowest BCUT2D eigenvalue weighted by molar-refractivity contribution is 0.0477. The minimum Gasteiger partial charge on any atom is -0.381 e. The number of hydrogen-bond acceptors (Lipinski definition) is 4. The van der Waals surface area contributed by atoms with Crippen LogP contribution in [0.1, 0.15) is 52.3 Å². The highest BCUT2D eigenvalue weighted by molar-refractivity contribution is 5.68. The van der Waals surface area contributed by atoms with Crippen molar-refractivity contribution >= 4 is 6.09 Å². The van der Waals surface area contributed by atoms with Crippen molar-refractivity contribution < 1.29 is 14.4 Å². The van der Waals surface area contributed by atoms with E-state index in [1.165, 1.54) is 4.73 Å². The van der Waals surface area contributed by atoms with Crippen LogP contribution in [0.25, 0.3) is 0 Å². The fraction of sp³-hybridized carbons (Fsp3) is 0.733. The number of hydrogen-bond donors (Lipinski definition) is 0. The minimum absolute atomic E-state index is 0.186. The van der Waals surface area contributed by atoms with E-state index in [1.807, 2.05) is 27.7 Å². The lowest BCUT2D eigenvalue weighted by atomic mass is 10.0. The Hall–Kier alpha value is -1.56. The summed E-state index contributed by atoms with van der Waals surface area (Å²) in [6, 6.07) is 0. The summed E-state index contributed by atoms with van der Waals surface area (Å²) in [4.78, 5) is 23.9. The highest BCUT2D eigenvalue weighted by Gasteiger charge is 2.28. The molecule has 1 unspecified atom stereocenters. The molecule has 2 heterocycles. The van der Waals surface area contributed by atoms with Gasteiger partial charge in [-0.2, -0.15) is 4.73 Å². The normalized spacial score (nSPS) is 19.3. The quantitative estimate of drug-likeness (QED) is 0.859. The molecular weight excluding hydrogens is 270 g/mol. The zero-order valence-electron chi connectivity index (χ0n) is 13.3. The fourth-order valence-electron chi connectivity index (χ4n) is 2.62. The second-order valence-corrected chi connectivity index (χ2v) is 6.30. The molecule has 21 heavy (non-hydrogen) atoms. The standard InChI is InChI=1S/C15H25N3O3/c1-5-17(15(2,3)4)14(19)21-18-9-8-16-13(18)12-7-6-10-20-11-12/h8-9,12H,5-7,10-11H2,1-4H3. The van der Waals surface area contributed by atoms with Crippen LogP contribution >= 0.6 is 0 Å². The Morgan fingerprint density at radius 1 is 1.57 bits per heavy atom. The van der Waals surface area contributed by atoms with Crippen molar-refractivity contribution in [3.05, 3.63) is 18.2 Å². The van der Waals surface area contributed by atoms with E-state index in [1.54, 1.807) is 17.3 Å². The summed E-state index contributed by atoms with van der Waals surface area (Å²) in [7, 11) is 0. The van der Waals surface area contributed by atoms with Crippen LogP contribution < -0.4 is 4.84 Å². The van der Waals surface area contributed by atoms with E-state index in [0.717, 1.165) is 25.3 Å². The molecule has 1 amide bonds. The van der Waals surface area contributed by atoms with Crippen LogP contribution in [-0.2, 0) is 4.74 Å². The van der Waals surface area contributed by atoms with Gasteiger partial charge in [0.05, 0.1) is 12.8 Å². The summed E-state index contributed by atoms with van der Waals surface area (Å²) in [5.41, 5.74) is -0.277. The van der Waals surface area contributed by atoms with E-state index in [0.29, 0.717) is 13.2 Å². The zero-order valence-corrected chi connectivity index (χ0v) is 13.3. The van der Waals surface area contributed by atoms with Crippen LogP contribution in [0.15, 0.2) is 12.4 Å². The van der Waals surface area contributed by atoms with Gasteiger partial charge in [0, 0.05) is 30.8 Å². The largest absolute Gasteiger partial charge is 0.435 e. The third kappa shape index (κ3) is 3.75. The third-order valence-electron chi connectivity index (χ3n) is 3.68. The van der Waals surface area contributed by atoms with Gasteiger partial charge in [0.2, 0.25) is 0 Å². The summed E-state index contributed by atoms with van der Waals surface area (Å²) in [5, 5.41) is 0. The Labute approximate surface area is 126 Å². The van der Waals surface area contributed by atoms with E-state index in [2.05, 4.69) is 4.98 Å². The molecule has 0 bridgehead atoms. The van der Waals surface area contributed by atoms with E-state index < -0.39 is 0 Å². The lowest BCUT2D eigenvalue weighted by Crippen LogP contribution is -2.48. The summed E-state index contributed by atoms with van der Waals surface area (Å²) in [6.07, 6.45) is 4.99. The maximum Gasteiger partial charge on any atom is 0.435 e. The van der Waals surface area contributed by atoms with Crippen molar-refractivity contribution in [3.8, 4) is 0 Å². The predicted molar refractivity (Wildman–Crippen MR) is 79.1 cm³/mol. The molecule has 0 aliphatic carbocycles. The number of imidazole rings is 1. The van der Waals surface area contributed by atoms with Crippen molar-refractivity contribution in [2.75, 3.05) is 19.8 Å². The number of nitrogens with zero attached hydrogens (tertiary/aromatic N) is 3. The van der Waals surface area contributed by atoms with Crippen LogP contribution in [0.5, 0.6) is 0 Å². The third-order valence-corrected chi connectivity index (χ3v) is 3.68. The number of aromatic nitrogens is 2. The zero-order chi connectivity index (χ0) is 15.5. The molecule has 0 aromatic carbocycles. The average molecular weight is 295 g/mol. The summed E-state index contributed by atoms with van der Waals surface area (Å²) < 4.78 is 6.97. The molecule has 1 aromatic heterocycles. The van der Waals surface area contributed by atoms with E-state index in [-0.39, 0.29) is 17.6 Å². The topological polar surface area (TPSA) is 56.6 Å². The van der Waals surface area contributed by atoms with Gasteiger partial charge in [-0.25, -0.2) is 9.78 Å². The fourth-order valence-corrected chi connectivity index (χ4v) is 2.62. The van der Waals surface area contributed by atoms with Gasteiger partial charge in [-0.1, -0.05) is 0 Å². The number of carbonyl (C=O) groups is 1. The second kappa shape index (κ2) is 6.47. The second-order valence-electron chi connectivity index (χ2n) is 6.30. The van der Waals surface area contributed by atoms with Gasteiger partial charge in [0.1, 0.15) is 0 Å². The van der Waals surface area contributed by atoms with Crippen molar-refractivity contribution in [2.24, 2.45) is 0 Å². The molecule has 0 N–H and O–H groups in total. The Morgan fingerprint density at radius 3 is 2.90 bits per heavy atom. The van der Waals surface area contributed by atoms with Gasteiger partial charge in [-0.05, 0) is 40.5 Å². The number of rotatable bonds is 3. The van der Waals surface area contributed by atoms with E-state index in [9.17, 15) is 4.79 Å². The molecule has 0 saturated carbocycles. The van der Waals surface area contributed by atoms with Crippen LogP contribution in [0.4, 0.5) is 4.79 Å². The molecule has 0 radical (unpaired) electrons. The van der Waals surface area contributed by atoms with Gasteiger partial charge >= 0.3 is 6.09 Å². The number of carbonyl (C=O) groups excluding carboxylic acids is 1. The molecule has 6 nitrogen and oxygen atoms in total. The maximum absolute atomic E-state index is 12.3. The Bertz CT molecular complexity index is 473. The highest BCUT2D eigenvalue weighted by Crippen LogP contribution is 2.23. The Balaban J connectivity index is 2.09. The maximum atomic E-state index is 12.3. The molecule has 1 aliphatic rings. The summed E-state index contributed by atoms with van der Waals surface area (Å²) >= 11 is 0. The highest BCUT2D eigenvalue weighted by atomic mass is 16.7. The molecule has 1 saturated heterocycles. The molecular formula is C15H25N3O3. The molecule has 1 aliphatic heterocycles. The van der Waals surface area contributed by atoms with Crippen molar-refractivity contribution in [2.45, 2.75) is 52.0 Å². The molecule has 1 fully saturated rings. The first-order chi connectivity index (χ1) is 9.93. The van der Waals surface area contributed by atoms with Crippen molar-refractivity contribution in [1.82, 2.24) is 14.6 Å². The summed E-state index contributed by atoms with van der Waals surface area (Å²) in [6.45, 7) is 9.93. The minimum atomic E-state index is -0.360. The molecule has 118 valence electrons. The van der Waals surface area contributed by atoms with Crippen molar-refractivity contribution in [3.63, 3.8) is 0 Å². The molecule has 2 rings (SSSR count). The van der Waals surface area contributed by atoms with Gasteiger partial charge in [0.25, 0.3) is 0 Å². The van der Waals surface area contributed by atoms with Gasteiger partial charge in [0.15, 0.2) is 5.82 Å². The van der Waals surface area contributed by atoms with Crippen LogP contribution in [-0.4, -0.2) is 46.0 Å². The molecule has 1 aromatic rings. The molecule has 0 spiro atoms. The SMILES string of the molecule is CCN(C(=O)On1ccnc1C1CCCOC1)C(C)(C)C. The monoisotopic (exact) mass is 295 g/mol. The Morgan fingerprint density at radius 2 is 2.33 bits per heavy atom. The van der Waals surface area contributed by atoms with Gasteiger partial charge in [-0.15, -0.1) is 0 Å². The molecule has 6 heteroatoms. The van der Waals surface area contributed by atoms with Gasteiger partial charge < -0.3 is 14.5 Å². The Kier molecular flexibility index (Phi) is 4.88. The van der Waals surface area contributed by atoms with Gasteiger partial charge in [-0.3, -0.25) is 0 Å². The first-order valence-corrected chi connectivity index (χ1v) is 7.54. The van der Waals surface area contributed by atoms with E-state index in [4.69, 9.17) is 9.57 Å². The number of amides is 1. The predicted octanol–water partition coefficient (Wildman–Crippen LogP) is 2.45. The lowest BCUT2D eigenvalue weighted by Gasteiger charge is -2.33. The van der Waals surface area contributed by atoms with Crippen LogP contribution in [0, 0.1) is 0 Å². The number of ether oxygens (including phenoxy) is 1. The first kappa shape index (κ1) is 15.8. The van der Waals surface area contributed by atoms with Crippen LogP contribution in [0.2, 0.25) is 0 Å². The molecule has 1 atom stereocenters.